The topological polar surface area (TPSA) is 46.2 Å². The molecule has 0 aliphatic carbocycles. The van der Waals surface area contributed by atoms with E-state index < -0.39 is 14.1 Å². The van der Waals surface area contributed by atoms with Crippen LogP contribution >= 0.6 is 0 Å². The van der Waals surface area contributed by atoms with Crippen molar-refractivity contribution in [2.45, 2.75) is 82.3 Å². The lowest BCUT2D eigenvalue weighted by Crippen LogP contribution is -2.55. The van der Waals surface area contributed by atoms with Crippen LogP contribution in [0.1, 0.15) is 27.7 Å². The van der Waals surface area contributed by atoms with Gasteiger partial charge < -0.3 is 23.4 Å². The minimum absolute atomic E-state index is 0.000239. The minimum Gasteiger partial charge on any atom is -0.408 e. The van der Waals surface area contributed by atoms with E-state index in [-0.39, 0.29) is 30.7 Å². The molecule has 0 amide bonds. The van der Waals surface area contributed by atoms with Gasteiger partial charge in [-0.05, 0) is 32.0 Å². The highest BCUT2D eigenvalue weighted by molar-refractivity contribution is 6.74. The molecule has 0 aromatic heterocycles. The molecular weight excluding hydrogens is 276 g/mol. The van der Waals surface area contributed by atoms with Crippen LogP contribution in [-0.4, -0.2) is 51.9 Å². The molecule has 116 valence electrons. The third-order valence-electron chi connectivity index (χ3n) is 4.91. The van der Waals surface area contributed by atoms with Crippen LogP contribution in [0.5, 0.6) is 0 Å². The largest absolute Gasteiger partial charge is 0.408 e. The van der Waals surface area contributed by atoms with Gasteiger partial charge in [-0.2, -0.15) is 0 Å². The van der Waals surface area contributed by atoms with Crippen molar-refractivity contribution >= 4 is 8.32 Å². The normalized spacial score (nSPS) is 45.1. The maximum atomic E-state index is 6.50. The lowest BCUT2D eigenvalue weighted by atomic mass is 10.0. The summed E-state index contributed by atoms with van der Waals surface area (Å²) >= 11 is 0. The Morgan fingerprint density at radius 2 is 1.75 bits per heavy atom. The monoisotopic (exact) mass is 302 g/mol. The van der Waals surface area contributed by atoms with Gasteiger partial charge in [0.25, 0.3) is 0 Å². The van der Waals surface area contributed by atoms with Crippen molar-refractivity contribution in [1.82, 2.24) is 0 Å². The van der Waals surface area contributed by atoms with Crippen molar-refractivity contribution in [1.29, 1.82) is 0 Å². The predicted octanol–water partition coefficient (Wildman–Crippen LogP) is 2.26. The van der Waals surface area contributed by atoms with Crippen LogP contribution < -0.4 is 0 Å². The Balaban J connectivity index is 1.85. The van der Waals surface area contributed by atoms with Crippen molar-refractivity contribution in [3.05, 3.63) is 0 Å². The molecule has 0 unspecified atom stereocenters. The van der Waals surface area contributed by atoms with Gasteiger partial charge in [-0.25, -0.2) is 0 Å². The van der Waals surface area contributed by atoms with Crippen LogP contribution in [0.15, 0.2) is 0 Å². The van der Waals surface area contributed by atoms with Gasteiger partial charge in [-0.15, -0.1) is 0 Å². The van der Waals surface area contributed by atoms with Gasteiger partial charge in [0.15, 0.2) is 20.4 Å². The van der Waals surface area contributed by atoms with Crippen LogP contribution in [-0.2, 0) is 23.4 Å². The Labute approximate surface area is 122 Å². The molecule has 3 rings (SSSR count). The number of hydrogen-bond donors (Lipinski definition) is 0. The molecular formula is C14H26O5Si. The van der Waals surface area contributed by atoms with E-state index in [9.17, 15) is 0 Å². The van der Waals surface area contributed by atoms with E-state index in [1.807, 2.05) is 13.8 Å². The SMILES string of the molecule is CC[Si]1(CC)C[C@@H]2O[C@@H](OC)[C@@H]3OC(C)(C)O[C@@H]3[C@H]2O1. The third-order valence-corrected chi connectivity index (χ3v) is 9.41. The van der Waals surface area contributed by atoms with E-state index in [1.165, 1.54) is 0 Å². The Hall–Kier alpha value is 0.0169. The smallest absolute Gasteiger partial charge is 0.195 e. The molecule has 0 bridgehead atoms. The van der Waals surface area contributed by atoms with Crippen molar-refractivity contribution in [2.24, 2.45) is 0 Å². The molecule has 3 saturated heterocycles. The Morgan fingerprint density at radius 3 is 2.35 bits per heavy atom. The van der Waals surface area contributed by atoms with Gasteiger partial charge in [-0.3, -0.25) is 0 Å². The third kappa shape index (κ3) is 2.26. The average molecular weight is 302 g/mol. The van der Waals surface area contributed by atoms with Crippen molar-refractivity contribution in [2.75, 3.05) is 7.11 Å². The van der Waals surface area contributed by atoms with E-state index in [0.717, 1.165) is 18.1 Å². The highest BCUT2D eigenvalue weighted by atomic mass is 28.4. The number of hydrogen-bond acceptors (Lipinski definition) is 5. The first kappa shape index (κ1) is 14.9. The zero-order valence-electron chi connectivity index (χ0n) is 13.0. The summed E-state index contributed by atoms with van der Waals surface area (Å²) < 4.78 is 30.1. The number of ether oxygens (including phenoxy) is 4. The van der Waals surface area contributed by atoms with Crippen molar-refractivity contribution in [3.8, 4) is 0 Å². The second-order valence-electron chi connectivity index (χ2n) is 6.52. The molecule has 0 saturated carbocycles. The molecule has 5 atom stereocenters. The van der Waals surface area contributed by atoms with E-state index in [2.05, 4.69) is 13.8 Å². The number of rotatable bonds is 3. The van der Waals surface area contributed by atoms with E-state index in [4.69, 9.17) is 23.4 Å². The Kier molecular flexibility index (Phi) is 3.76. The molecule has 0 spiro atoms. The van der Waals surface area contributed by atoms with Crippen molar-refractivity contribution < 1.29 is 23.4 Å². The fourth-order valence-electron chi connectivity index (χ4n) is 3.73. The fraction of sp³-hybridized carbons (Fsp3) is 1.00. The first-order valence-electron chi connectivity index (χ1n) is 7.65. The van der Waals surface area contributed by atoms with Crippen LogP contribution in [0.2, 0.25) is 18.1 Å². The summed E-state index contributed by atoms with van der Waals surface area (Å²) in [6.07, 6.45) is -0.550. The number of fused-ring (bicyclic) bond motifs is 3. The lowest BCUT2D eigenvalue weighted by molar-refractivity contribution is -0.253. The zero-order chi connectivity index (χ0) is 14.5. The van der Waals surface area contributed by atoms with Gasteiger partial charge in [0, 0.05) is 7.11 Å². The number of methoxy groups -OCH3 is 1. The lowest BCUT2D eigenvalue weighted by Gasteiger charge is -2.38. The summed E-state index contributed by atoms with van der Waals surface area (Å²) in [5.74, 6) is -0.598. The summed E-state index contributed by atoms with van der Waals surface area (Å²) in [6.45, 7) is 8.33. The second kappa shape index (κ2) is 5.03. The molecule has 0 radical (unpaired) electrons. The summed E-state index contributed by atoms with van der Waals surface area (Å²) in [5.41, 5.74) is 0. The highest BCUT2D eigenvalue weighted by Crippen LogP contribution is 2.46. The van der Waals surface area contributed by atoms with Gasteiger partial charge >= 0.3 is 0 Å². The molecule has 0 aromatic rings. The molecule has 0 N–H and O–H groups in total. The van der Waals surface area contributed by atoms with Gasteiger partial charge in [0.1, 0.15) is 18.3 Å². The van der Waals surface area contributed by atoms with E-state index in [1.54, 1.807) is 7.11 Å². The first-order chi connectivity index (χ1) is 9.43. The highest BCUT2D eigenvalue weighted by Gasteiger charge is 2.61. The van der Waals surface area contributed by atoms with Crippen LogP contribution in [0.4, 0.5) is 0 Å². The standard InChI is InChI=1S/C14H26O5Si/c1-6-20(7-2)8-9-10(19-20)11-12(13(15-5)16-9)18-14(3,4)17-11/h9-13H,6-8H2,1-5H3/t9-,10-,11+,12+,13+/m0/s1. The fourth-order valence-corrected chi connectivity index (χ4v) is 7.16. The molecule has 3 aliphatic rings. The van der Waals surface area contributed by atoms with Crippen molar-refractivity contribution in [3.63, 3.8) is 0 Å². The average Bonchev–Trinajstić information content (AvgIpc) is 2.94. The quantitative estimate of drug-likeness (QED) is 0.748. The van der Waals surface area contributed by atoms with Crippen LogP contribution in [0.3, 0.4) is 0 Å². The minimum atomic E-state index is -1.67. The van der Waals surface area contributed by atoms with Crippen LogP contribution in [0, 0.1) is 0 Å². The van der Waals surface area contributed by atoms with E-state index in [0.29, 0.717) is 0 Å². The summed E-state index contributed by atoms with van der Waals surface area (Å²) in [4.78, 5) is 0. The van der Waals surface area contributed by atoms with Gasteiger partial charge in [-0.1, -0.05) is 13.8 Å². The van der Waals surface area contributed by atoms with Gasteiger partial charge in [0.2, 0.25) is 0 Å². The van der Waals surface area contributed by atoms with Gasteiger partial charge in [0.05, 0.1) is 6.10 Å². The predicted molar refractivity (Wildman–Crippen MR) is 75.9 cm³/mol. The maximum absolute atomic E-state index is 6.50. The zero-order valence-corrected chi connectivity index (χ0v) is 14.0. The Bertz CT molecular complexity index is 371. The molecule has 0 aromatic carbocycles. The summed E-state index contributed by atoms with van der Waals surface area (Å²) in [7, 11) is -0.00949. The van der Waals surface area contributed by atoms with Crippen LogP contribution in [0.25, 0.3) is 0 Å². The van der Waals surface area contributed by atoms with E-state index >= 15 is 0 Å². The first-order valence-corrected chi connectivity index (χ1v) is 10.2. The molecule has 3 aliphatic heterocycles. The summed E-state index contributed by atoms with van der Waals surface area (Å²) in [5, 5.41) is 0. The molecule has 20 heavy (non-hydrogen) atoms. The second-order valence-corrected chi connectivity index (χ2v) is 10.9. The molecule has 3 heterocycles. The maximum Gasteiger partial charge on any atom is 0.195 e. The Morgan fingerprint density at radius 1 is 1.10 bits per heavy atom. The summed E-state index contributed by atoms with van der Waals surface area (Å²) in [6, 6.07) is 3.29. The molecule has 6 heteroatoms. The molecule has 5 nitrogen and oxygen atoms in total. The molecule has 3 fully saturated rings.